The zero-order valence-corrected chi connectivity index (χ0v) is 11.5. The van der Waals surface area contributed by atoms with Crippen LogP contribution in [0.5, 0.6) is 0 Å². The number of aliphatic hydroxyl groups is 1. The van der Waals surface area contributed by atoms with E-state index in [0.717, 1.165) is 25.7 Å². The zero-order chi connectivity index (χ0) is 14.3. The van der Waals surface area contributed by atoms with Crippen LogP contribution < -0.4 is 0 Å². The molecule has 3 atom stereocenters. The number of hydrogen-bond acceptors (Lipinski definition) is 3. The highest BCUT2D eigenvalue weighted by Gasteiger charge is 2.37. The fourth-order valence-electron chi connectivity index (χ4n) is 2.81. The second-order valence-corrected chi connectivity index (χ2v) is 5.26. The zero-order valence-electron chi connectivity index (χ0n) is 11.5. The number of hydrogen-bond donors (Lipinski definition) is 2. The van der Waals surface area contributed by atoms with Crippen molar-refractivity contribution in [2.45, 2.75) is 58.0 Å². The van der Waals surface area contributed by atoms with Crippen molar-refractivity contribution in [1.29, 1.82) is 0 Å². The van der Waals surface area contributed by atoms with Crippen molar-refractivity contribution in [3.63, 3.8) is 0 Å². The van der Waals surface area contributed by atoms with Gasteiger partial charge in [-0.15, -0.1) is 0 Å². The van der Waals surface area contributed by atoms with E-state index < -0.39 is 12.1 Å². The number of aliphatic hydroxyl groups excluding tert-OH is 1. The summed E-state index contributed by atoms with van der Waals surface area (Å²) in [4.78, 5) is 22.3. The fraction of sp³-hybridized carbons (Fsp3) is 0.733. The third-order valence-corrected chi connectivity index (χ3v) is 3.79. The lowest BCUT2D eigenvalue weighted by atomic mass is 9.86. The summed E-state index contributed by atoms with van der Waals surface area (Å²) in [5.74, 6) is -0.702. The van der Waals surface area contributed by atoms with E-state index in [9.17, 15) is 14.7 Å². The molecule has 19 heavy (non-hydrogen) atoms. The Morgan fingerprint density at radius 2 is 2.21 bits per heavy atom. The molecule has 4 heteroatoms. The summed E-state index contributed by atoms with van der Waals surface area (Å²) in [6.45, 7) is 1.99. The molecule has 1 fully saturated rings. The molecule has 2 N–H and O–H groups in total. The number of allylic oxidation sites excluding steroid dienone is 1. The molecule has 0 aliphatic heterocycles. The van der Waals surface area contributed by atoms with E-state index in [1.807, 2.05) is 13.0 Å². The van der Waals surface area contributed by atoms with Crippen molar-refractivity contribution in [1.82, 2.24) is 0 Å². The number of carbonyl (C=O) groups is 2. The quantitative estimate of drug-likeness (QED) is 0.524. The summed E-state index contributed by atoms with van der Waals surface area (Å²) in [6.07, 6.45) is 7.62. The molecule has 0 aromatic heterocycles. The second-order valence-electron chi connectivity index (χ2n) is 5.26. The van der Waals surface area contributed by atoms with Crippen LogP contribution in [0.25, 0.3) is 0 Å². The predicted octanol–water partition coefficient (Wildman–Crippen LogP) is 2.55. The molecule has 108 valence electrons. The average Bonchev–Trinajstić information content (AvgIpc) is 2.73. The lowest BCUT2D eigenvalue weighted by molar-refractivity contribution is -0.137. The molecular weight excluding hydrogens is 244 g/mol. The number of unbranched alkanes of at least 4 members (excludes halogenated alkanes) is 1. The van der Waals surface area contributed by atoms with Gasteiger partial charge in [0.2, 0.25) is 0 Å². The van der Waals surface area contributed by atoms with Gasteiger partial charge in [-0.05, 0) is 31.6 Å². The molecule has 0 aromatic rings. The van der Waals surface area contributed by atoms with Crippen molar-refractivity contribution in [2.24, 2.45) is 11.8 Å². The first-order valence-electron chi connectivity index (χ1n) is 7.15. The molecule has 1 unspecified atom stereocenters. The van der Waals surface area contributed by atoms with E-state index in [-0.39, 0.29) is 24.0 Å². The largest absolute Gasteiger partial charge is 0.481 e. The molecule has 4 nitrogen and oxygen atoms in total. The number of Topliss-reactive ketones (excluding diaryl/α,β-unsaturated/α-hetero) is 1. The van der Waals surface area contributed by atoms with Crippen LogP contribution in [-0.2, 0) is 9.59 Å². The standard InChI is InChI=1S/C15H24O4/c1-2-3-7-12(16)15-11(9-10-13(15)17)6-4-5-8-14(18)19/h3,7,11-12,15-16H,2,4-6,8-10H2,1H3,(H,18,19)/b7-3-/t11-,12?,15-/m0/s1. The van der Waals surface area contributed by atoms with Crippen molar-refractivity contribution < 1.29 is 19.8 Å². The first-order valence-corrected chi connectivity index (χ1v) is 7.15. The van der Waals surface area contributed by atoms with Crippen molar-refractivity contribution in [2.75, 3.05) is 0 Å². The van der Waals surface area contributed by atoms with Gasteiger partial charge in [0.1, 0.15) is 5.78 Å². The second kappa shape index (κ2) is 8.10. The summed E-state index contributed by atoms with van der Waals surface area (Å²) in [5, 5.41) is 18.6. The van der Waals surface area contributed by atoms with Crippen molar-refractivity contribution in [3.05, 3.63) is 12.2 Å². The van der Waals surface area contributed by atoms with Gasteiger partial charge in [-0.3, -0.25) is 9.59 Å². The normalized spacial score (nSPS) is 25.1. The maximum atomic E-state index is 11.8. The van der Waals surface area contributed by atoms with Gasteiger partial charge in [0.05, 0.1) is 12.0 Å². The van der Waals surface area contributed by atoms with Gasteiger partial charge in [-0.1, -0.05) is 25.5 Å². The third kappa shape index (κ3) is 5.15. The lowest BCUT2D eigenvalue weighted by Gasteiger charge is -2.21. The molecule has 1 saturated carbocycles. The molecule has 0 bridgehead atoms. The Kier molecular flexibility index (Phi) is 6.78. The molecule has 0 spiro atoms. The average molecular weight is 268 g/mol. The van der Waals surface area contributed by atoms with E-state index in [1.165, 1.54) is 0 Å². The van der Waals surface area contributed by atoms with Crippen LogP contribution in [0.15, 0.2) is 12.2 Å². The molecular formula is C15H24O4. The summed E-state index contributed by atoms with van der Waals surface area (Å²) >= 11 is 0. The maximum absolute atomic E-state index is 11.8. The number of carbonyl (C=O) groups excluding carboxylic acids is 1. The minimum Gasteiger partial charge on any atom is -0.481 e. The number of ketones is 1. The van der Waals surface area contributed by atoms with Crippen LogP contribution in [0.2, 0.25) is 0 Å². The molecule has 0 heterocycles. The third-order valence-electron chi connectivity index (χ3n) is 3.79. The monoisotopic (exact) mass is 268 g/mol. The highest BCUT2D eigenvalue weighted by Crippen LogP contribution is 2.35. The summed E-state index contributed by atoms with van der Waals surface area (Å²) in [6, 6.07) is 0. The first-order chi connectivity index (χ1) is 9.06. The van der Waals surface area contributed by atoms with Gasteiger partial charge in [-0.25, -0.2) is 0 Å². The minimum absolute atomic E-state index is 0.150. The fourth-order valence-corrected chi connectivity index (χ4v) is 2.81. The lowest BCUT2D eigenvalue weighted by Crippen LogP contribution is -2.27. The summed E-state index contributed by atoms with van der Waals surface area (Å²) < 4.78 is 0. The van der Waals surface area contributed by atoms with Gasteiger partial charge in [-0.2, -0.15) is 0 Å². The first kappa shape index (κ1) is 15.9. The Morgan fingerprint density at radius 1 is 1.47 bits per heavy atom. The van der Waals surface area contributed by atoms with Crippen molar-refractivity contribution >= 4 is 11.8 Å². The topological polar surface area (TPSA) is 74.6 Å². The molecule has 1 aliphatic carbocycles. The number of carboxylic acids is 1. The number of carboxylic acid groups (broad SMARTS) is 1. The Balaban J connectivity index is 2.45. The van der Waals surface area contributed by atoms with Crippen LogP contribution in [0.4, 0.5) is 0 Å². The van der Waals surface area contributed by atoms with E-state index in [4.69, 9.17) is 5.11 Å². The van der Waals surface area contributed by atoms with E-state index in [2.05, 4.69) is 0 Å². The van der Waals surface area contributed by atoms with Gasteiger partial charge >= 0.3 is 5.97 Å². The Labute approximate surface area is 114 Å². The molecule has 1 rings (SSSR count). The van der Waals surface area contributed by atoms with Gasteiger partial charge in [0.25, 0.3) is 0 Å². The van der Waals surface area contributed by atoms with Gasteiger partial charge in [0.15, 0.2) is 0 Å². The van der Waals surface area contributed by atoms with Crippen molar-refractivity contribution in [3.8, 4) is 0 Å². The number of aliphatic carboxylic acids is 1. The number of rotatable bonds is 8. The van der Waals surface area contributed by atoms with Crippen LogP contribution in [-0.4, -0.2) is 28.1 Å². The smallest absolute Gasteiger partial charge is 0.303 e. The highest BCUT2D eigenvalue weighted by molar-refractivity contribution is 5.84. The van der Waals surface area contributed by atoms with Crippen LogP contribution in [0, 0.1) is 11.8 Å². The highest BCUT2D eigenvalue weighted by atomic mass is 16.4. The Hall–Kier alpha value is -1.16. The minimum atomic E-state index is -0.773. The summed E-state index contributed by atoms with van der Waals surface area (Å²) in [5.41, 5.74) is 0. The molecule has 0 amide bonds. The molecule has 0 radical (unpaired) electrons. The van der Waals surface area contributed by atoms with E-state index in [1.54, 1.807) is 6.08 Å². The van der Waals surface area contributed by atoms with Gasteiger partial charge < -0.3 is 10.2 Å². The predicted molar refractivity (Wildman–Crippen MR) is 72.8 cm³/mol. The maximum Gasteiger partial charge on any atom is 0.303 e. The molecule has 1 aliphatic rings. The Morgan fingerprint density at radius 3 is 2.84 bits per heavy atom. The van der Waals surface area contributed by atoms with Crippen LogP contribution in [0.3, 0.4) is 0 Å². The van der Waals surface area contributed by atoms with Crippen LogP contribution in [0.1, 0.15) is 51.9 Å². The SMILES string of the molecule is CC/C=C\C(O)[C@H]1C(=O)CC[C@@H]1CCCCC(=O)O. The van der Waals surface area contributed by atoms with E-state index >= 15 is 0 Å². The Bertz CT molecular complexity index is 335. The van der Waals surface area contributed by atoms with E-state index in [0.29, 0.717) is 12.8 Å². The molecule has 0 saturated heterocycles. The summed E-state index contributed by atoms with van der Waals surface area (Å²) in [7, 11) is 0. The molecule has 0 aromatic carbocycles. The van der Waals surface area contributed by atoms with Gasteiger partial charge in [0, 0.05) is 12.8 Å². The van der Waals surface area contributed by atoms with Crippen LogP contribution >= 0.6 is 0 Å².